The predicted molar refractivity (Wildman–Crippen MR) is 80.2 cm³/mol. The van der Waals surface area contributed by atoms with E-state index in [9.17, 15) is 9.59 Å². The number of likely N-dealkylation sites (tertiary alicyclic amines) is 2. The summed E-state index contributed by atoms with van der Waals surface area (Å²) in [6.07, 6.45) is 5.78. The van der Waals surface area contributed by atoms with E-state index in [1.54, 1.807) is 4.90 Å². The first kappa shape index (κ1) is 15.9. The lowest BCUT2D eigenvalue weighted by Crippen LogP contribution is -2.53. The van der Waals surface area contributed by atoms with Crippen LogP contribution in [0.5, 0.6) is 0 Å². The first-order valence-electron chi connectivity index (χ1n) is 8.05. The molecular formula is C15H27N3O3. The Morgan fingerprint density at radius 2 is 1.86 bits per heavy atom. The molecule has 6 heteroatoms. The molecule has 2 aliphatic rings. The van der Waals surface area contributed by atoms with Crippen molar-refractivity contribution < 1.29 is 14.3 Å². The van der Waals surface area contributed by atoms with Gasteiger partial charge in [0.15, 0.2) is 0 Å². The van der Waals surface area contributed by atoms with E-state index in [-0.39, 0.29) is 18.2 Å². The van der Waals surface area contributed by atoms with Crippen molar-refractivity contribution in [3.8, 4) is 0 Å². The number of hydrogen-bond donors (Lipinski definition) is 1. The molecule has 0 radical (unpaired) electrons. The van der Waals surface area contributed by atoms with Crippen molar-refractivity contribution in [2.45, 2.75) is 57.5 Å². The van der Waals surface area contributed by atoms with Crippen LogP contribution in [0.4, 0.5) is 9.59 Å². The third-order valence-corrected chi connectivity index (χ3v) is 4.61. The van der Waals surface area contributed by atoms with Gasteiger partial charge in [0.25, 0.3) is 0 Å². The summed E-state index contributed by atoms with van der Waals surface area (Å²) in [6.45, 7) is 4.31. The van der Waals surface area contributed by atoms with Crippen LogP contribution in [-0.4, -0.2) is 60.8 Å². The summed E-state index contributed by atoms with van der Waals surface area (Å²) in [7, 11) is 1.40. The zero-order valence-electron chi connectivity index (χ0n) is 13.1. The van der Waals surface area contributed by atoms with E-state index < -0.39 is 0 Å². The molecule has 1 unspecified atom stereocenters. The third-order valence-electron chi connectivity index (χ3n) is 4.61. The van der Waals surface area contributed by atoms with E-state index in [0.29, 0.717) is 19.1 Å². The normalized spacial score (nSPS) is 23.8. The topological polar surface area (TPSA) is 61.9 Å². The Kier molecular flexibility index (Phi) is 5.70. The number of piperidine rings is 2. The Morgan fingerprint density at radius 3 is 2.48 bits per heavy atom. The van der Waals surface area contributed by atoms with E-state index in [4.69, 9.17) is 4.74 Å². The average molecular weight is 297 g/mol. The summed E-state index contributed by atoms with van der Waals surface area (Å²) in [5.74, 6) is 0. The number of hydrogen-bond acceptors (Lipinski definition) is 3. The summed E-state index contributed by atoms with van der Waals surface area (Å²) < 4.78 is 4.72. The van der Waals surface area contributed by atoms with Crippen molar-refractivity contribution in [2.24, 2.45) is 0 Å². The molecule has 0 aromatic carbocycles. The Balaban J connectivity index is 1.80. The van der Waals surface area contributed by atoms with Crippen molar-refractivity contribution in [1.29, 1.82) is 0 Å². The van der Waals surface area contributed by atoms with E-state index in [1.165, 1.54) is 13.5 Å². The number of urea groups is 1. The van der Waals surface area contributed by atoms with E-state index in [0.717, 1.165) is 38.6 Å². The molecule has 21 heavy (non-hydrogen) atoms. The minimum atomic E-state index is -0.276. The van der Waals surface area contributed by atoms with Crippen molar-refractivity contribution >= 4 is 12.1 Å². The SMILES string of the molecule is CCC1CCCCN1C(=O)NC1CCN(C(=O)OC)CC1. The smallest absolute Gasteiger partial charge is 0.409 e. The highest BCUT2D eigenvalue weighted by Crippen LogP contribution is 2.20. The first-order valence-corrected chi connectivity index (χ1v) is 8.05. The summed E-state index contributed by atoms with van der Waals surface area (Å²) >= 11 is 0. The summed E-state index contributed by atoms with van der Waals surface area (Å²) in [4.78, 5) is 27.5. The van der Waals surface area contributed by atoms with Crippen molar-refractivity contribution in [1.82, 2.24) is 15.1 Å². The number of carbonyl (C=O) groups is 2. The second-order valence-electron chi connectivity index (χ2n) is 5.93. The second kappa shape index (κ2) is 7.52. The molecule has 0 spiro atoms. The monoisotopic (exact) mass is 297 g/mol. The maximum absolute atomic E-state index is 12.4. The number of ether oxygens (including phenoxy) is 1. The van der Waals surface area contributed by atoms with Gasteiger partial charge in [0.1, 0.15) is 0 Å². The van der Waals surface area contributed by atoms with Crippen LogP contribution in [0.2, 0.25) is 0 Å². The minimum Gasteiger partial charge on any atom is -0.453 e. The molecular weight excluding hydrogens is 270 g/mol. The number of nitrogens with zero attached hydrogens (tertiary/aromatic N) is 2. The van der Waals surface area contributed by atoms with Gasteiger partial charge in [0.2, 0.25) is 0 Å². The third kappa shape index (κ3) is 4.02. The van der Waals surface area contributed by atoms with Gasteiger partial charge in [-0.15, -0.1) is 0 Å². The summed E-state index contributed by atoms with van der Waals surface area (Å²) in [5.41, 5.74) is 0. The van der Waals surface area contributed by atoms with E-state index in [2.05, 4.69) is 12.2 Å². The lowest BCUT2D eigenvalue weighted by atomic mass is 10.0. The van der Waals surface area contributed by atoms with E-state index >= 15 is 0 Å². The van der Waals surface area contributed by atoms with Crippen LogP contribution in [0, 0.1) is 0 Å². The zero-order valence-corrected chi connectivity index (χ0v) is 13.1. The molecule has 0 bridgehead atoms. The zero-order chi connectivity index (χ0) is 15.2. The molecule has 1 N–H and O–H groups in total. The molecule has 2 heterocycles. The van der Waals surface area contributed by atoms with Crippen LogP contribution in [-0.2, 0) is 4.74 Å². The van der Waals surface area contributed by atoms with Gasteiger partial charge in [-0.2, -0.15) is 0 Å². The highest BCUT2D eigenvalue weighted by Gasteiger charge is 2.29. The quantitative estimate of drug-likeness (QED) is 0.850. The van der Waals surface area contributed by atoms with Crippen molar-refractivity contribution in [2.75, 3.05) is 26.7 Å². The van der Waals surface area contributed by atoms with Crippen molar-refractivity contribution in [3.05, 3.63) is 0 Å². The Hall–Kier alpha value is -1.46. The molecule has 0 aromatic rings. The highest BCUT2D eigenvalue weighted by atomic mass is 16.5. The van der Waals surface area contributed by atoms with E-state index in [1.807, 2.05) is 4.90 Å². The fourth-order valence-electron chi connectivity index (χ4n) is 3.29. The number of nitrogens with one attached hydrogen (secondary N) is 1. The maximum Gasteiger partial charge on any atom is 0.409 e. The molecule has 2 fully saturated rings. The fraction of sp³-hybridized carbons (Fsp3) is 0.867. The molecule has 6 nitrogen and oxygen atoms in total. The largest absolute Gasteiger partial charge is 0.453 e. The molecule has 120 valence electrons. The van der Waals surface area contributed by atoms with Crippen LogP contribution >= 0.6 is 0 Å². The molecule has 2 rings (SSSR count). The molecule has 0 aliphatic carbocycles. The van der Waals surface area contributed by atoms with Gasteiger partial charge >= 0.3 is 12.1 Å². The van der Waals surface area contributed by atoms with Gasteiger partial charge in [-0.1, -0.05) is 6.92 Å². The van der Waals surface area contributed by atoms with Gasteiger partial charge < -0.3 is 19.9 Å². The van der Waals surface area contributed by atoms with Gasteiger partial charge in [0, 0.05) is 31.7 Å². The van der Waals surface area contributed by atoms with Gasteiger partial charge in [-0.3, -0.25) is 0 Å². The lowest BCUT2D eigenvalue weighted by Gasteiger charge is -2.37. The van der Waals surface area contributed by atoms with Gasteiger partial charge in [-0.25, -0.2) is 9.59 Å². The average Bonchev–Trinajstić information content (AvgIpc) is 2.54. The first-order chi connectivity index (χ1) is 10.2. The highest BCUT2D eigenvalue weighted by molar-refractivity contribution is 5.75. The number of carbonyl (C=O) groups excluding carboxylic acids is 2. The van der Waals surface area contributed by atoms with Crippen molar-refractivity contribution in [3.63, 3.8) is 0 Å². The second-order valence-corrected chi connectivity index (χ2v) is 5.93. The van der Waals surface area contributed by atoms with Crippen LogP contribution in [0.25, 0.3) is 0 Å². The lowest BCUT2D eigenvalue weighted by molar-refractivity contribution is 0.107. The Bertz CT molecular complexity index is 367. The molecule has 1 atom stereocenters. The van der Waals surface area contributed by atoms with Crippen LogP contribution in [0.1, 0.15) is 45.4 Å². The Labute approximate surface area is 126 Å². The molecule has 2 aliphatic heterocycles. The minimum absolute atomic E-state index is 0.0677. The number of rotatable bonds is 2. The fourth-order valence-corrected chi connectivity index (χ4v) is 3.29. The molecule has 3 amide bonds. The molecule has 0 aromatic heterocycles. The predicted octanol–water partition coefficient (Wildman–Crippen LogP) is 2.19. The number of amides is 3. The molecule has 0 saturated carbocycles. The standard InChI is InChI=1S/C15H27N3O3/c1-3-13-6-4-5-9-18(13)14(19)16-12-7-10-17(11-8-12)15(20)21-2/h12-13H,3-11H2,1-2H3,(H,16,19). The summed E-state index contributed by atoms with van der Waals surface area (Å²) in [6, 6.07) is 0.616. The van der Waals surface area contributed by atoms with Crippen LogP contribution in [0.15, 0.2) is 0 Å². The van der Waals surface area contributed by atoms with Crippen LogP contribution in [0.3, 0.4) is 0 Å². The number of methoxy groups -OCH3 is 1. The van der Waals surface area contributed by atoms with Gasteiger partial charge in [-0.05, 0) is 38.5 Å². The molecule has 2 saturated heterocycles. The van der Waals surface area contributed by atoms with Crippen LogP contribution < -0.4 is 5.32 Å². The Morgan fingerprint density at radius 1 is 1.14 bits per heavy atom. The summed E-state index contributed by atoms with van der Waals surface area (Å²) in [5, 5.41) is 3.14. The van der Waals surface area contributed by atoms with Gasteiger partial charge in [0.05, 0.1) is 7.11 Å². The maximum atomic E-state index is 12.4.